The molecule has 0 aliphatic carbocycles. The van der Waals surface area contributed by atoms with Crippen molar-refractivity contribution in [2.75, 3.05) is 5.32 Å². The van der Waals surface area contributed by atoms with Crippen LogP contribution in [0.5, 0.6) is 0 Å². The third-order valence-electron chi connectivity index (χ3n) is 4.83. The highest BCUT2D eigenvalue weighted by atomic mass is 35.5. The Morgan fingerprint density at radius 2 is 1.62 bits per heavy atom. The van der Waals surface area contributed by atoms with Gasteiger partial charge in [-0.15, -0.1) is 11.3 Å². The fraction of sp³-hybridized carbons (Fsp3) is 0. The molecule has 0 atom stereocenters. The van der Waals surface area contributed by atoms with Crippen LogP contribution in [-0.4, -0.2) is 10.5 Å². The molecule has 0 saturated heterocycles. The summed E-state index contributed by atoms with van der Waals surface area (Å²) in [5.74, 6) is -0.609. The lowest BCUT2D eigenvalue weighted by Gasteiger charge is -2.06. The largest absolute Gasteiger partial charge is 0.321 e. The highest BCUT2D eigenvalue weighted by molar-refractivity contribution is 7.07. The summed E-state index contributed by atoms with van der Waals surface area (Å²) in [7, 11) is 0. The Morgan fingerprint density at radius 3 is 2.26 bits per heavy atom. The molecule has 0 bridgehead atoms. The van der Waals surface area contributed by atoms with E-state index in [4.69, 9.17) is 11.6 Å². The molecule has 0 spiro atoms. The first-order valence-corrected chi connectivity index (χ1v) is 11.5. The first kappa shape index (κ1) is 23.0. The Labute approximate surface area is 204 Å². The number of allylic oxidation sites excluding steroid dienone is 1. The topological polar surface area (TPSA) is 74.9 Å². The van der Waals surface area contributed by atoms with Crippen molar-refractivity contribution in [3.63, 3.8) is 0 Å². The average Bonchev–Trinajstić information content (AvgIpc) is 3.18. The van der Waals surface area contributed by atoms with Crippen LogP contribution in [-0.2, 0) is 4.79 Å². The van der Waals surface area contributed by atoms with Crippen molar-refractivity contribution in [3.05, 3.63) is 121 Å². The summed E-state index contributed by atoms with van der Waals surface area (Å²) in [6.45, 7) is 0. The number of hydrogen-bond donors (Lipinski definition) is 1. The van der Waals surface area contributed by atoms with E-state index in [0.717, 1.165) is 16.9 Å². The molecule has 1 heterocycles. The van der Waals surface area contributed by atoms with Crippen molar-refractivity contribution >= 4 is 52.3 Å². The molecule has 3 aromatic carbocycles. The van der Waals surface area contributed by atoms with E-state index in [1.54, 1.807) is 60.7 Å². The molecular formula is C27H18ClN3O2S. The predicted molar refractivity (Wildman–Crippen MR) is 138 cm³/mol. The van der Waals surface area contributed by atoms with Gasteiger partial charge in [0.05, 0.1) is 10.2 Å². The summed E-state index contributed by atoms with van der Waals surface area (Å²) in [5.41, 5.74) is 1.58. The van der Waals surface area contributed by atoms with Crippen molar-refractivity contribution in [3.8, 4) is 11.8 Å². The van der Waals surface area contributed by atoms with Crippen LogP contribution < -0.4 is 20.1 Å². The van der Waals surface area contributed by atoms with E-state index in [0.29, 0.717) is 20.9 Å². The van der Waals surface area contributed by atoms with Crippen LogP contribution in [0.1, 0.15) is 5.56 Å². The summed E-state index contributed by atoms with van der Waals surface area (Å²) in [6, 6.07) is 27.2. The molecule has 7 heteroatoms. The molecule has 0 radical (unpaired) electrons. The molecule has 0 saturated carbocycles. The van der Waals surface area contributed by atoms with E-state index in [1.807, 2.05) is 48.5 Å². The number of nitrogens with one attached hydrogen (secondary N) is 1. The number of aromatic nitrogens is 1. The predicted octanol–water partition coefficient (Wildman–Crippen LogP) is 4.36. The molecular weight excluding hydrogens is 466 g/mol. The molecule has 1 aromatic heterocycles. The lowest BCUT2D eigenvalue weighted by atomic mass is 10.2. The number of halogens is 1. The Hall–Kier alpha value is -4.18. The molecule has 1 N–H and O–H groups in total. The number of benzene rings is 3. The smallest absolute Gasteiger partial charge is 0.273 e. The lowest BCUT2D eigenvalue weighted by Crippen LogP contribution is -2.32. The maximum Gasteiger partial charge on any atom is 0.273 e. The summed E-state index contributed by atoms with van der Waals surface area (Å²) in [4.78, 5) is 26.3. The standard InChI is InChI=1S/C27H18ClN3O2S/c28-20-14-16-21(17-15-20)30-25(32)23(18-29)27-31(22-11-5-2-6-12-22)26(33)24(34-27)13-7-10-19-8-3-1-4-9-19/h1-17H,(H,30,32)/b10-7+,24-13+,27-23+. The number of nitriles is 1. The van der Waals surface area contributed by atoms with Gasteiger partial charge in [-0.25, -0.2) is 0 Å². The van der Waals surface area contributed by atoms with Gasteiger partial charge in [0.1, 0.15) is 10.7 Å². The second-order valence-electron chi connectivity index (χ2n) is 7.13. The fourth-order valence-corrected chi connectivity index (χ4v) is 4.39. The minimum absolute atomic E-state index is 0.160. The van der Waals surface area contributed by atoms with Gasteiger partial charge < -0.3 is 5.32 Å². The monoisotopic (exact) mass is 483 g/mol. The zero-order valence-corrected chi connectivity index (χ0v) is 19.4. The number of carbonyl (C=O) groups is 1. The number of carbonyl (C=O) groups excluding carboxylic acids is 1. The summed E-state index contributed by atoms with van der Waals surface area (Å²) < 4.78 is 2.05. The maximum atomic E-state index is 13.3. The van der Waals surface area contributed by atoms with Gasteiger partial charge in [0.15, 0.2) is 5.57 Å². The number of anilines is 1. The van der Waals surface area contributed by atoms with E-state index in [1.165, 1.54) is 4.57 Å². The molecule has 1 amide bonds. The zero-order chi connectivity index (χ0) is 23.9. The van der Waals surface area contributed by atoms with E-state index in [-0.39, 0.29) is 15.8 Å². The Morgan fingerprint density at radius 1 is 0.971 bits per heavy atom. The van der Waals surface area contributed by atoms with E-state index in [2.05, 4.69) is 5.32 Å². The number of para-hydroxylation sites is 1. The SMILES string of the molecule is N#C/C(C(=O)Nc1ccc(Cl)cc1)=c1\s/c(=C/C=C/c2ccccc2)c(=O)n1-c1ccccc1. The van der Waals surface area contributed by atoms with Gasteiger partial charge in [0.25, 0.3) is 11.5 Å². The molecule has 4 rings (SSSR count). The Kier molecular flexibility index (Phi) is 7.19. The number of nitrogens with zero attached hydrogens (tertiary/aromatic N) is 2. The van der Waals surface area contributed by atoms with Gasteiger partial charge in [-0.3, -0.25) is 14.2 Å². The molecule has 0 unspecified atom stereocenters. The average molecular weight is 484 g/mol. The van der Waals surface area contributed by atoms with Crippen molar-refractivity contribution in [1.29, 1.82) is 5.26 Å². The van der Waals surface area contributed by atoms with Crippen LogP contribution in [0.15, 0.2) is 95.8 Å². The van der Waals surface area contributed by atoms with Crippen molar-refractivity contribution in [2.45, 2.75) is 0 Å². The van der Waals surface area contributed by atoms with E-state index < -0.39 is 5.91 Å². The third kappa shape index (κ3) is 5.24. The highest BCUT2D eigenvalue weighted by Crippen LogP contribution is 2.14. The van der Waals surface area contributed by atoms with Crippen LogP contribution in [0.3, 0.4) is 0 Å². The molecule has 0 aliphatic heterocycles. The normalized spacial score (nSPS) is 12.4. The fourth-order valence-electron chi connectivity index (χ4n) is 3.21. The molecule has 34 heavy (non-hydrogen) atoms. The maximum absolute atomic E-state index is 13.3. The number of hydrogen-bond acceptors (Lipinski definition) is 4. The number of thiazole rings is 1. The Bertz CT molecular complexity index is 1560. The quantitative estimate of drug-likeness (QED) is 0.458. The third-order valence-corrected chi connectivity index (χ3v) is 6.19. The van der Waals surface area contributed by atoms with E-state index >= 15 is 0 Å². The summed E-state index contributed by atoms with van der Waals surface area (Å²) in [6.07, 6.45) is 5.35. The van der Waals surface area contributed by atoms with Crippen molar-refractivity contribution in [1.82, 2.24) is 4.57 Å². The number of rotatable bonds is 5. The molecule has 166 valence electrons. The first-order chi connectivity index (χ1) is 16.6. The van der Waals surface area contributed by atoms with Crippen LogP contribution in [0, 0.1) is 11.3 Å². The van der Waals surface area contributed by atoms with Crippen LogP contribution >= 0.6 is 22.9 Å². The second-order valence-corrected chi connectivity index (χ2v) is 8.60. The zero-order valence-electron chi connectivity index (χ0n) is 17.8. The summed E-state index contributed by atoms with van der Waals surface area (Å²) >= 11 is 7.00. The second kappa shape index (κ2) is 10.6. The molecule has 5 nitrogen and oxygen atoms in total. The van der Waals surface area contributed by atoms with Gasteiger partial charge in [-0.05, 0) is 48.0 Å². The van der Waals surface area contributed by atoms with Crippen molar-refractivity contribution < 1.29 is 4.79 Å². The van der Waals surface area contributed by atoms with Crippen LogP contribution in [0.25, 0.3) is 23.4 Å². The van der Waals surface area contributed by atoms with Gasteiger partial charge in [0, 0.05) is 10.7 Å². The van der Waals surface area contributed by atoms with E-state index in [9.17, 15) is 14.9 Å². The van der Waals surface area contributed by atoms with Crippen molar-refractivity contribution in [2.24, 2.45) is 0 Å². The molecule has 0 fully saturated rings. The first-order valence-electron chi connectivity index (χ1n) is 10.3. The van der Waals surface area contributed by atoms with Gasteiger partial charge >= 0.3 is 0 Å². The highest BCUT2D eigenvalue weighted by Gasteiger charge is 2.17. The van der Waals surface area contributed by atoms with Gasteiger partial charge in [-0.2, -0.15) is 5.26 Å². The molecule has 4 aromatic rings. The van der Waals surface area contributed by atoms with Crippen LogP contribution in [0.4, 0.5) is 5.69 Å². The van der Waals surface area contributed by atoms with Crippen LogP contribution in [0.2, 0.25) is 5.02 Å². The number of amides is 1. The lowest BCUT2D eigenvalue weighted by molar-refractivity contribution is -0.111. The minimum atomic E-state index is -0.609. The Balaban J connectivity index is 1.86. The summed E-state index contributed by atoms with van der Waals surface area (Å²) in [5, 5.41) is 13.1. The minimum Gasteiger partial charge on any atom is -0.321 e. The van der Waals surface area contributed by atoms with Gasteiger partial charge in [-0.1, -0.05) is 72.3 Å². The molecule has 0 aliphatic rings. The van der Waals surface area contributed by atoms with Gasteiger partial charge in [0.2, 0.25) is 0 Å².